The van der Waals surface area contributed by atoms with E-state index in [1.54, 1.807) is 0 Å². The average Bonchev–Trinajstić information content (AvgIpc) is 2.95. The Morgan fingerprint density at radius 3 is 1.90 bits per heavy atom. The number of carbonyl (C=O) groups is 1. The van der Waals surface area contributed by atoms with E-state index in [1.807, 2.05) is 12.4 Å². The molecule has 0 saturated heterocycles. The molecule has 0 spiro atoms. The molecule has 0 saturated carbocycles. The van der Waals surface area contributed by atoms with Gasteiger partial charge in [0.25, 0.3) is 0 Å². The van der Waals surface area contributed by atoms with E-state index in [4.69, 9.17) is 0 Å². The lowest BCUT2D eigenvalue weighted by Crippen LogP contribution is -2.38. The lowest BCUT2D eigenvalue weighted by atomic mass is 9.85. The minimum atomic E-state index is -1.21. The van der Waals surface area contributed by atoms with Crippen molar-refractivity contribution >= 4 is 12.1 Å². The second kappa shape index (κ2) is 29.2. The fraction of sp³-hybridized carbons (Fsp3) is 0.833. The van der Waals surface area contributed by atoms with Crippen molar-refractivity contribution in [3.05, 3.63) is 24.3 Å². The van der Waals surface area contributed by atoms with Gasteiger partial charge in [0, 0.05) is 19.3 Å². The predicted octanol–water partition coefficient (Wildman–Crippen LogP) is 10.1. The Morgan fingerprint density at radius 2 is 1.25 bits per heavy atom. The Hall–Kier alpha value is -1.26. The standard InChI is InChI=1S/C36H65O4/c1-3-5-7-22-28-34(38)29-23-18-14-10-11-15-19-24-30-35(39)36(40,31-25-8-6-4-2)32-26-20-16-12-9-13-17-21-27-33-37/h18,20,23,26,34,38,40H,3-17,19,21-22,24-25,27-32H2,1-2H3/b23-18-,26-20-/t34-,36-/m1/s1. The molecule has 40 heavy (non-hydrogen) atoms. The number of carbonyl (C=O) groups excluding carboxylic acids is 2. The molecular formula is C36H65O4. The fourth-order valence-corrected chi connectivity index (χ4v) is 5.19. The van der Waals surface area contributed by atoms with Crippen LogP contribution in [0, 0.1) is 0 Å². The molecule has 0 rings (SSSR count). The highest BCUT2D eigenvalue weighted by atomic mass is 16.3. The van der Waals surface area contributed by atoms with Gasteiger partial charge in [-0.3, -0.25) is 9.59 Å². The van der Waals surface area contributed by atoms with Gasteiger partial charge in [-0.25, -0.2) is 0 Å². The molecule has 4 heteroatoms. The van der Waals surface area contributed by atoms with Gasteiger partial charge < -0.3 is 10.2 Å². The Balaban J connectivity index is 4.15. The van der Waals surface area contributed by atoms with Crippen LogP contribution in [0.3, 0.4) is 0 Å². The summed E-state index contributed by atoms with van der Waals surface area (Å²) in [6, 6.07) is 0. The molecule has 0 aliphatic heterocycles. The van der Waals surface area contributed by atoms with Gasteiger partial charge in [-0.05, 0) is 57.8 Å². The normalized spacial score (nSPS) is 14.2. The van der Waals surface area contributed by atoms with E-state index in [1.165, 1.54) is 19.3 Å². The molecule has 1 radical (unpaired) electrons. The van der Waals surface area contributed by atoms with Gasteiger partial charge in [0.2, 0.25) is 0 Å². The summed E-state index contributed by atoms with van der Waals surface area (Å²) in [7, 11) is 0. The zero-order valence-electron chi connectivity index (χ0n) is 26.5. The van der Waals surface area contributed by atoms with Crippen LogP contribution in [0.25, 0.3) is 0 Å². The lowest BCUT2D eigenvalue weighted by Gasteiger charge is -2.26. The molecule has 0 aromatic heterocycles. The van der Waals surface area contributed by atoms with Crippen LogP contribution in [0.4, 0.5) is 0 Å². The van der Waals surface area contributed by atoms with E-state index in [-0.39, 0.29) is 11.9 Å². The van der Waals surface area contributed by atoms with E-state index in [2.05, 4.69) is 32.1 Å². The largest absolute Gasteiger partial charge is 0.393 e. The topological polar surface area (TPSA) is 74.6 Å². The van der Waals surface area contributed by atoms with Crippen molar-refractivity contribution in [2.75, 3.05) is 0 Å². The van der Waals surface area contributed by atoms with Gasteiger partial charge in [0.1, 0.15) is 5.60 Å². The minimum absolute atomic E-state index is 0.0248. The first-order chi connectivity index (χ1) is 19.5. The summed E-state index contributed by atoms with van der Waals surface area (Å²) in [5, 5.41) is 21.3. The molecule has 0 aliphatic carbocycles. The molecular weight excluding hydrogens is 496 g/mol. The number of rotatable bonds is 31. The van der Waals surface area contributed by atoms with E-state index in [0.29, 0.717) is 25.7 Å². The van der Waals surface area contributed by atoms with E-state index >= 15 is 0 Å². The molecule has 0 bridgehead atoms. The number of aliphatic hydroxyl groups is 2. The van der Waals surface area contributed by atoms with Crippen molar-refractivity contribution in [2.45, 2.75) is 192 Å². The summed E-state index contributed by atoms with van der Waals surface area (Å²) in [5.74, 6) is 0.0248. The van der Waals surface area contributed by atoms with Crippen molar-refractivity contribution < 1.29 is 19.8 Å². The molecule has 0 unspecified atom stereocenters. The van der Waals surface area contributed by atoms with Crippen LogP contribution in [0.2, 0.25) is 0 Å². The Morgan fingerprint density at radius 1 is 0.700 bits per heavy atom. The van der Waals surface area contributed by atoms with Gasteiger partial charge in [-0.15, -0.1) is 0 Å². The zero-order chi connectivity index (χ0) is 29.6. The number of unbranched alkanes of at least 4 members (excludes halogenated alkanes) is 17. The van der Waals surface area contributed by atoms with Gasteiger partial charge in [0.15, 0.2) is 12.1 Å². The van der Waals surface area contributed by atoms with Crippen LogP contribution in [0.1, 0.15) is 181 Å². The van der Waals surface area contributed by atoms with Gasteiger partial charge in [0.05, 0.1) is 6.10 Å². The molecule has 0 aromatic rings. The summed E-state index contributed by atoms with van der Waals surface area (Å²) in [6.07, 6.45) is 35.9. The maximum Gasteiger partial charge on any atom is 0.198 e. The Bertz CT molecular complexity index is 626. The highest BCUT2D eigenvalue weighted by Crippen LogP contribution is 2.25. The molecule has 0 aliphatic rings. The number of hydrogen-bond acceptors (Lipinski definition) is 4. The van der Waals surface area contributed by atoms with Gasteiger partial charge in [-0.2, -0.15) is 0 Å². The zero-order valence-corrected chi connectivity index (χ0v) is 26.5. The molecule has 2 N–H and O–H groups in total. The molecule has 2 atom stereocenters. The van der Waals surface area contributed by atoms with E-state index < -0.39 is 5.60 Å². The molecule has 0 fully saturated rings. The highest BCUT2D eigenvalue weighted by molar-refractivity contribution is 5.87. The lowest BCUT2D eigenvalue weighted by molar-refractivity contribution is -0.138. The van der Waals surface area contributed by atoms with Crippen molar-refractivity contribution in [1.29, 1.82) is 0 Å². The molecule has 0 amide bonds. The third-order valence-electron chi connectivity index (χ3n) is 7.98. The Kier molecular flexibility index (Phi) is 28.3. The number of ketones is 1. The second-order valence-electron chi connectivity index (χ2n) is 11.9. The van der Waals surface area contributed by atoms with Crippen molar-refractivity contribution in [1.82, 2.24) is 0 Å². The van der Waals surface area contributed by atoms with Crippen molar-refractivity contribution in [3.8, 4) is 0 Å². The first-order valence-corrected chi connectivity index (χ1v) is 17.1. The van der Waals surface area contributed by atoms with E-state index in [0.717, 1.165) is 122 Å². The second-order valence-corrected chi connectivity index (χ2v) is 11.9. The van der Waals surface area contributed by atoms with Crippen LogP contribution >= 0.6 is 0 Å². The van der Waals surface area contributed by atoms with Crippen LogP contribution in [-0.2, 0) is 9.59 Å². The summed E-state index contributed by atoms with van der Waals surface area (Å²) < 4.78 is 0. The fourth-order valence-electron chi connectivity index (χ4n) is 5.19. The maximum atomic E-state index is 13.0. The maximum absolute atomic E-state index is 13.0. The van der Waals surface area contributed by atoms with Crippen LogP contribution in [0.5, 0.6) is 0 Å². The minimum Gasteiger partial charge on any atom is -0.393 e. The number of aliphatic hydroxyl groups excluding tert-OH is 1. The molecule has 0 aromatic carbocycles. The molecule has 4 nitrogen and oxygen atoms in total. The van der Waals surface area contributed by atoms with Crippen molar-refractivity contribution in [3.63, 3.8) is 0 Å². The third-order valence-corrected chi connectivity index (χ3v) is 7.98. The summed E-state index contributed by atoms with van der Waals surface area (Å²) >= 11 is 0. The van der Waals surface area contributed by atoms with Crippen LogP contribution < -0.4 is 0 Å². The number of allylic oxidation sites excluding steroid dienone is 2. The number of Topliss-reactive ketones (excluding diaryl/α,β-unsaturated/α-hetero) is 1. The first-order valence-electron chi connectivity index (χ1n) is 17.1. The van der Waals surface area contributed by atoms with E-state index in [9.17, 15) is 19.8 Å². The summed E-state index contributed by atoms with van der Waals surface area (Å²) in [6.45, 7) is 4.39. The Labute approximate surface area is 248 Å². The van der Waals surface area contributed by atoms with Gasteiger partial charge >= 0.3 is 0 Å². The van der Waals surface area contributed by atoms with Crippen LogP contribution in [-0.4, -0.2) is 34.0 Å². The molecule has 233 valence electrons. The quantitative estimate of drug-likeness (QED) is 0.0652. The smallest absolute Gasteiger partial charge is 0.198 e. The van der Waals surface area contributed by atoms with Crippen LogP contribution in [0.15, 0.2) is 24.3 Å². The highest BCUT2D eigenvalue weighted by Gasteiger charge is 2.32. The predicted molar refractivity (Wildman–Crippen MR) is 171 cm³/mol. The van der Waals surface area contributed by atoms with Crippen molar-refractivity contribution in [2.24, 2.45) is 0 Å². The SMILES string of the molecule is CCCCCC[C@@H](O)C/C=C\CCCCCCCC(=O)[C@](O)(C/C=C\CCCCCCC[C]=O)CCCCCC. The number of hydrogen-bond donors (Lipinski definition) is 2. The summed E-state index contributed by atoms with van der Waals surface area (Å²) in [4.78, 5) is 23.3. The average molecular weight is 562 g/mol. The third kappa shape index (κ3) is 24.5. The molecule has 0 heterocycles. The first kappa shape index (κ1) is 38.7. The monoisotopic (exact) mass is 561 g/mol. The van der Waals surface area contributed by atoms with Gasteiger partial charge in [-0.1, -0.05) is 128 Å². The summed E-state index contributed by atoms with van der Waals surface area (Å²) in [5.41, 5.74) is -1.21.